The molecule has 0 unspecified atom stereocenters. The molecule has 6 nitrogen and oxygen atoms in total. The number of amides is 4. The molecule has 1 fully saturated rings. The average molecular weight is 501 g/mol. The van der Waals surface area contributed by atoms with Crippen LogP contribution < -0.4 is 15.0 Å². The third-order valence-corrected chi connectivity index (χ3v) is 6.32. The summed E-state index contributed by atoms with van der Waals surface area (Å²) in [5, 5.41) is 2.88. The molecule has 0 aromatic heterocycles. The molecule has 0 saturated carbocycles. The van der Waals surface area contributed by atoms with E-state index in [9.17, 15) is 14.4 Å². The van der Waals surface area contributed by atoms with E-state index in [0.717, 1.165) is 27.2 Å². The number of carbonyl (C=O) groups is 3. The summed E-state index contributed by atoms with van der Waals surface area (Å²) >= 11 is 6.23. The average Bonchev–Trinajstić information content (AvgIpc) is 2.84. The van der Waals surface area contributed by atoms with Crippen molar-refractivity contribution in [2.75, 3.05) is 4.90 Å². The first-order valence-electron chi connectivity index (χ1n) is 11.4. The summed E-state index contributed by atoms with van der Waals surface area (Å²) < 4.78 is 6.00. The molecule has 4 rings (SSSR count). The number of aryl methyl sites for hydroxylation is 2. The fourth-order valence-corrected chi connectivity index (χ4v) is 4.03. The lowest BCUT2D eigenvalue weighted by molar-refractivity contribution is -0.122. The maximum Gasteiger partial charge on any atom is 0.335 e. The van der Waals surface area contributed by atoms with Gasteiger partial charge in [0.25, 0.3) is 11.8 Å². The largest absolute Gasteiger partial charge is 0.489 e. The molecule has 3 aromatic rings. The number of carbonyl (C=O) groups excluding carboxylic acids is 3. The van der Waals surface area contributed by atoms with Crippen molar-refractivity contribution in [2.45, 2.75) is 26.9 Å². The van der Waals surface area contributed by atoms with Crippen molar-refractivity contribution >= 4 is 41.2 Å². The second kappa shape index (κ2) is 10.6. The molecule has 36 heavy (non-hydrogen) atoms. The number of benzene rings is 3. The van der Waals surface area contributed by atoms with E-state index in [4.69, 9.17) is 16.3 Å². The molecular weight excluding hydrogens is 476 g/mol. The van der Waals surface area contributed by atoms with Crippen molar-refractivity contribution in [2.24, 2.45) is 0 Å². The fraction of sp³-hybridized carbons (Fsp3) is 0.138. The lowest BCUT2D eigenvalue weighted by Crippen LogP contribution is -2.54. The van der Waals surface area contributed by atoms with Crippen LogP contribution in [-0.2, 0) is 22.6 Å². The Morgan fingerprint density at radius 3 is 2.47 bits per heavy atom. The van der Waals surface area contributed by atoms with Crippen LogP contribution in [0.1, 0.15) is 27.8 Å². The zero-order chi connectivity index (χ0) is 25.8. The smallest absolute Gasteiger partial charge is 0.335 e. The lowest BCUT2D eigenvalue weighted by atomic mass is 10.0. The summed E-state index contributed by atoms with van der Waals surface area (Å²) in [6.45, 7) is 7.93. The van der Waals surface area contributed by atoms with E-state index in [1.165, 1.54) is 6.08 Å². The number of allylic oxidation sites excluding steroid dienone is 1. The van der Waals surface area contributed by atoms with Gasteiger partial charge in [-0.25, -0.2) is 9.69 Å². The summed E-state index contributed by atoms with van der Waals surface area (Å²) in [5.74, 6) is -0.783. The molecule has 0 radical (unpaired) electrons. The van der Waals surface area contributed by atoms with E-state index in [2.05, 4.69) is 11.9 Å². The molecule has 0 aliphatic carbocycles. The third kappa shape index (κ3) is 5.24. The van der Waals surface area contributed by atoms with Gasteiger partial charge in [0, 0.05) is 10.6 Å². The summed E-state index contributed by atoms with van der Waals surface area (Å²) in [5.41, 5.74) is 4.52. The quantitative estimate of drug-likeness (QED) is 0.248. The normalized spacial score (nSPS) is 14.7. The van der Waals surface area contributed by atoms with E-state index < -0.39 is 17.8 Å². The number of urea groups is 1. The Labute approximate surface area is 214 Å². The van der Waals surface area contributed by atoms with Crippen LogP contribution >= 0.6 is 11.6 Å². The SMILES string of the molecule is C=CCc1cc(/C=C2\C(=O)NC(=O)N(c3ccc(C)c(C)c3)C2=O)ccc1OCc1ccccc1Cl. The molecular formula is C29H25ClN2O4. The summed E-state index contributed by atoms with van der Waals surface area (Å²) in [7, 11) is 0. The minimum atomic E-state index is -0.777. The van der Waals surface area contributed by atoms with Crippen LogP contribution in [-0.4, -0.2) is 17.8 Å². The van der Waals surface area contributed by atoms with E-state index in [1.807, 2.05) is 44.2 Å². The minimum absolute atomic E-state index is 0.137. The minimum Gasteiger partial charge on any atom is -0.489 e. The monoisotopic (exact) mass is 500 g/mol. The number of hydrogen-bond acceptors (Lipinski definition) is 4. The van der Waals surface area contributed by atoms with Crippen molar-refractivity contribution in [1.29, 1.82) is 0 Å². The Kier molecular flexibility index (Phi) is 7.36. The summed E-state index contributed by atoms with van der Waals surface area (Å²) in [6.07, 6.45) is 3.73. The molecule has 0 atom stereocenters. The molecule has 1 aliphatic heterocycles. The number of anilines is 1. The highest BCUT2D eigenvalue weighted by Crippen LogP contribution is 2.27. The summed E-state index contributed by atoms with van der Waals surface area (Å²) in [4.78, 5) is 39.3. The van der Waals surface area contributed by atoms with E-state index >= 15 is 0 Å². The van der Waals surface area contributed by atoms with Gasteiger partial charge in [0.05, 0.1) is 5.69 Å². The molecule has 1 saturated heterocycles. The van der Waals surface area contributed by atoms with Gasteiger partial charge < -0.3 is 4.74 Å². The number of ether oxygens (including phenoxy) is 1. The predicted molar refractivity (Wildman–Crippen MR) is 141 cm³/mol. The van der Waals surface area contributed by atoms with Gasteiger partial charge in [-0.05, 0) is 78.9 Å². The lowest BCUT2D eigenvalue weighted by Gasteiger charge is -2.27. The van der Waals surface area contributed by atoms with E-state index in [1.54, 1.807) is 36.4 Å². The first-order chi connectivity index (χ1) is 17.3. The van der Waals surface area contributed by atoms with Gasteiger partial charge >= 0.3 is 6.03 Å². The van der Waals surface area contributed by atoms with Crippen molar-refractivity contribution in [3.05, 3.63) is 112 Å². The highest BCUT2D eigenvalue weighted by molar-refractivity contribution is 6.39. The Bertz CT molecular complexity index is 1410. The van der Waals surface area contributed by atoms with Crippen molar-refractivity contribution < 1.29 is 19.1 Å². The highest BCUT2D eigenvalue weighted by atomic mass is 35.5. The Morgan fingerprint density at radius 1 is 0.972 bits per heavy atom. The van der Waals surface area contributed by atoms with Gasteiger partial charge in [-0.2, -0.15) is 0 Å². The fourth-order valence-electron chi connectivity index (χ4n) is 3.84. The number of halogens is 1. The molecule has 3 aromatic carbocycles. The second-order valence-corrected chi connectivity index (χ2v) is 8.87. The molecule has 4 amide bonds. The van der Waals surface area contributed by atoms with Gasteiger partial charge in [-0.15, -0.1) is 6.58 Å². The van der Waals surface area contributed by atoms with Crippen LogP contribution in [0.3, 0.4) is 0 Å². The van der Waals surface area contributed by atoms with Crippen LogP contribution in [0.4, 0.5) is 10.5 Å². The standard InChI is InChI=1S/C29H25ClN2O4/c1-4-7-21-15-20(11-13-26(21)36-17-22-8-5-6-9-25(22)30)16-24-27(33)31-29(35)32(28(24)34)23-12-10-18(2)19(3)14-23/h4-6,8-16H,1,7,17H2,2-3H3,(H,31,33,35)/b24-16+. The Morgan fingerprint density at radius 2 is 1.75 bits per heavy atom. The second-order valence-electron chi connectivity index (χ2n) is 8.47. The molecule has 7 heteroatoms. The summed E-state index contributed by atoms with van der Waals surface area (Å²) in [6, 6.07) is 17.3. The van der Waals surface area contributed by atoms with Gasteiger partial charge in [-0.3, -0.25) is 14.9 Å². The number of rotatable bonds is 7. The zero-order valence-corrected chi connectivity index (χ0v) is 20.8. The highest BCUT2D eigenvalue weighted by Gasteiger charge is 2.36. The first kappa shape index (κ1) is 24.9. The maximum atomic E-state index is 13.2. The zero-order valence-electron chi connectivity index (χ0n) is 20.0. The topological polar surface area (TPSA) is 75.7 Å². The number of nitrogens with zero attached hydrogens (tertiary/aromatic N) is 1. The van der Waals surface area contributed by atoms with Crippen molar-refractivity contribution in [3.63, 3.8) is 0 Å². The Balaban J connectivity index is 1.63. The number of hydrogen-bond donors (Lipinski definition) is 1. The van der Waals surface area contributed by atoms with Crippen LogP contribution in [0.5, 0.6) is 5.75 Å². The van der Waals surface area contributed by atoms with E-state index in [0.29, 0.717) is 28.4 Å². The third-order valence-electron chi connectivity index (χ3n) is 5.95. The van der Waals surface area contributed by atoms with Crippen LogP contribution in [0.15, 0.2) is 78.9 Å². The predicted octanol–water partition coefficient (Wildman–Crippen LogP) is 5.93. The van der Waals surface area contributed by atoms with E-state index in [-0.39, 0.29) is 12.2 Å². The maximum absolute atomic E-state index is 13.2. The molecule has 0 spiro atoms. The van der Waals surface area contributed by atoms with Crippen LogP contribution in [0.2, 0.25) is 5.02 Å². The van der Waals surface area contributed by atoms with Gasteiger partial charge in [0.15, 0.2) is 0 Å². The first-order valence-corrected chi connectivity index (χ1v) is 11.7. The van der Waals surface area contributed by atoms with Gasteiger partial charge in [0.2, 0.25) is 0 Å². The van der Waals surface area contributed by atoms with Crippen molar-refractivity contribution in [1.82, 2.24) is 5.32 Å². The molecule has 1 aliphatic rings. The van der Waals surface area contributed by atoms with Crippen LogP contribution in [0.25, 0.3) is 6.08 Å². The number of barbiturate groups is 1. The molecule has 0 bridgehead atoms. The van der Waals surface area contributed by atoms with Crippen LogP contribution in [0, 0.1) is 13.8 Å². The molecule has 1 heterocycles. The molecule has 1 N–H and O–H groups in total. The number of imide groups is 2. The van der Waals surface area contributed by atoms with Gasteiger partial charge in [-0.1, -0.05) is 48.0 Å². The van der Waals surface area contributed by atoms with Gasteiger partial charge in [0.1, 0.15) is 17.9 Å². The van der Waals surface area contributed by atoms with Crippen molar-refractivity contribution in [3.8, 4) is 5.75 Å². The number of nitrogens with one attached hydrogen (secondary N) is 1. The molecule has 182 valence electrons. The Hall–Kier alpha value is -4.16.